The summed E-state index contributed by atoms with van der Waals surface area (Å²) in [4.78, 5) is 11.9. The van der Waals surface area contributed by atoms with Crippen molar-refractivity contribution in [2.24, 2.45) is 11.7 Å². The number of rotatable bonds is 6. The van der Waals surface area contributed by atoms with Crippen LogP contribution in [0.3, 0.4) is 0 Å². The van der Waals surface area contributed by atoms with Gasteiger partial charge in [-0.2, -0.15) is 0 Å². The maximum absolute atomic E-state index is 11.9. The van der Waals surface area contributed by atoms with Gasteiger partial charge in [0.1, 0.15) is 0 Å². The van der Waals surface area contributed by atoms with E-state index >= 15 is 0 Å². The summed E-state index contributed by atoms with van der Waals surface area (Å²) in [5.41, 5.74) is 6.97. The first-order valence-electron chi connectivity index (χ1n) is 6.79. The molecule has 3 N–H and O–H groups in total. The van der Waals surface area contributed by atoms with E-state index in [1.54, 1.807) is 0 Å². The second kappa shape index (κ2) is 7.49. The van der Waals surface area contributed by atoms with Gasteiger partial charge in [0, 0.05) is 19.0 Å². The van der Waals surface area contributed by atoms with Crippen LogP contribution < -0.4 is 11.1 Å². The Kier molecular flexibility index (Phi) is 6.27. The van der Waals surface area contributed by atoms with E-state index in [-0.39, 0.29) is 11.9 Å². The lowest BCUT2D eigenvalue weighted by Crippen LogP contribution is -2.41. The van der Waals surface area contributed by atoms with Gasteiger partial charge in [0.2, 0.25) is 5.91 Å². The zero-order chi connectivity index (χ0) is 12.7. The van der Waals surface area contributed by atoms with E-state index in [1.165, 1.54) is 18.4 Å². The summed E-state index contributed by atoms with van der Waals surface area (Å²) >= 11 is 0. The van der Waals surface area contributed by atoms with Crippen molar-refractivity contribution < 1.29 is 4.79 Å². The molecule has 0 aromatic carbocycles. The maximum atomic E-state index is 11.9. The van der Waals surface area contributed by atoms with Crippen LogP contribution in [0.25, 0.3) is 0 Å². The van der Waals surface area contributed by atoms with Crippen LogP contribution >= 0.6 is 0 Å². The molecular weight excluding hydrogens is 212 g/mol. The quantitative estimate of drug-likeness (QED) is 0.698. The van der Waals surface area contributed by atoms with Gasteiger partial charge in [0.15, 0.2) is 0 Å². The third-order valence-corrected chi connectivity index (χ3v) is 3.18. The van der Waals surface area contributed by atoms with Gasteiger partial charge < -0.3 is 11.1 Å². The minimum Gasteiger partial charge on any atom is -0.352 e. The van der Waals surface area contributed by atoms with Crippen molar-refractivity contribution in [1.29, 1.82) is 0 Å². The summed E-state index contributed by atoms with van der Waals surface area (Å²) in [6.07, 6.45) is 8.47. The van der Waals surface area contributed by atoms with E-state index < -0.39 is 0 Å². The van der Waals surface area contributed by atoms with Crippen molar-refractivity contribution in [2.75, 3.05) is 6.54 Å². The number of allylic oxidation sites excluding steroid dienone is 1. The maximum Gasteiger partial charge on any atom is 0.224 e. The van der Waals surface area contributed by atoms with Crippen LogP contribution in [-0.4, -0.2) is 18.5 Å². The Morgan fingerprint density at radius 1 is 1.47 bits per heavy atom. The normalized spacial score (nSPS) is 17.8. The molecule has 0 heterocycles. The minimum atomic E-state index is 0.131. The largest absolute Gasteiger partial charge is 0.352 e. The number of amides is 1. The Morgan fingerprint density at radius 3 is 2.76 bits per heavy atom. The monoisotopic (exact) mass is 238 g/mol. The Hall–Kier alpha value is -0.830. The summed E-state index contributed by atoms with van der Waals surface area (Å²) in [5.74, 6) is 0.701. The third-order valence-electron chi connectivity index (χ3n) is 3.18. The molecule has 1 atom stereocenters. The number of hydrogen-bond acceptors (Lipinski definition) is 2. The lowest BCUT2D eigenvalue weighted by Gasteiger charge is -2.20. The van der Waals surface area contributed by atoms with Crippen LogP contribution in [0.15, 0.2) is 11.6 Å². The minimum absolute atomic E-state index is 0.131. The van der Waals surface area contributed by atoms with Gasteiger partial charge in [-0.25, -0.2) is 0 Å². The number of nitrogens with two attached hydrogens (primary N) is 1. The predicted octanol–water partition coefficient (Wildman–Crippen LogP) is 2.37. The summed E-state index contributed by atoms with van der Waals surface area (Å²) in [6.45, 7) is 4.83. The third kappa shape index (κ3) is 5.87. The molecule has 1 aliphatic carbocycles. The fourth-order valence-electron chi connectivity index (χ4n) is 2.33. The molecule has 0 fully saturated rings. The summed E-state index contributed by atoms with van der Waals surface area (Å²) in [5, 5.41) is 3.04. The highest BCUT2D eigenvalue weighted by molar-refractivity contribution is 5.78. The van der Waals surface area contributed by atoms with Gasteiger partial charge in [-0.05, 0) is 38.0 Å². The van der Waals surface area contributed by atoms with Gasteiger partial charge in [0.25, 0.3) is 0 Å². The first kappa shape index (κ1) is 14.2. The van der Waals surface area contributed by atoms with Crippen LogP contribution in [0.4, 0.5) is 0 Å². The Labute approximate surface area is 105 Å². The highest BCUT2D eigenvalue weighted by Crippen LogP contribution is 2.19. The van der Waals surface area contributed by atoms with Crippen LogP contribution in [0, 0.1) is 5.92 Å². The standard InChI is InChI=1S/C14H26N2O/c1-11(2)8-13(10-15)16-14(17)9-12-6-4-3-5-7-12/h6,11,13H,3-5,7-10,15H2,1-2H3,(H,16,17). The van der Waals surface area contributed by atoms with Crippen molar-refractivity contribution in [3.8, 4) is 0 Å². The number of carbonyl (C=O) groups is 1. The molecule has 3 heteroatoms. The molecule has 1 rings (SSSR count). The molecule has 0 saturated heterocycles. The molecule has 3 nitrogen and oxygen atoms in total. The lowest BCUT2D eigenvalue weighted by molar-refractivity contribution is -0.121. The molecule has 0 saturated carbocycles. The fourth-order valence-corrected chi connectivity index (χ4v) is 2.33. The van der Waals surface area contributed by atoms with Crippen molar-refractivity contribution in [3.05, 3.63) is 11.6 Å². The Bertz CT molecular complexity index is 271. The van der Waals surface area contributed by atoms with Gasteiger partial charge in [-0.1, -0.05) is 25.5 Å². The van der Waals surface area contributed by atoms with E-state index in [0.29, 0.717) is 18.9 Å². The highest BCUT2D eigenvalue weighted by atomic mass is 16.1. The Balaban J connectivity index is 2.34. The Morgan fingerprint density at radius 2 is 2.24 bits per heavy atom. The highest BCUT2D eigenvalue weighted by Gasteiger charge is 2.14. The number of nitrogens with one attached hydrogen (secondary N) is 1. The van der Waals surface area contributed by atoms with Crippen LogP contribution in [-0.2, 0) is 4.79 Å². The summed E-state index contributed by atoms with van der Waals surface area (Å²) in [6, 6.07) is 0.131. The summed E-state index contributed by atoms with van der Waals surface area (Å²) < 4.78 is 0. The number of carbonyl (C=O) groups excluding carboxylic acids is 1. The average molecular weight is 238 g/mol. The van der Waals surface area contributed by atoms with E-state index in [0.717, 1.165) is 19.3 Å². The molecule has 0 aliphatic heterocycles. The van der Waals surface area contributed by atoms with Crippen molar-refractivity contribution >= 4 is 5.91 Å². The molecule has 0 aromatic rings. The second-order valence-corrected chi connectivity index (χ2v) is 5.41. The van der Waals surface area contributed by atoms with Crippen LogP contribution in [0.5, 0.6) is 0 Å². The summed E-state index contributed by atoms with van der Waals surface area (Å²) in [7, 11) is 0. The smallest absolute Gasteiger partial charge is 0.224 e. The first-order chi connectivity index (χ1) is 8.11. The molecule has 1 amide bonds. The van der Waals surface area contributed by atoms with Crippen LogP contribution in [0.2, 0.25) is 0 Å². The molecule has 0 spiro atoms. The van der Waals surface area contributed by atoms with E-state index in [9.17, 15) is 4.79 Å². The van der Waals surface area contributed by atoms with Crippen LogP contribution in [0.1, 0.15) is 52.4 Å². The van der Waals surface area contributed by atoms with Crippen molar-refractivity contribution in [3.63, 3.8) is 0 Å². The average Bonchev–Trinajstić information content (AvgIpc) is 2.28. The van der Waals surface area contributed by atoms with Gasteiger partial charge in [-0.15, -0.1) is 0 Å². The topological polar surface area (TPSA) is 55.1 Å². The van der Waals surface area contributed by atoms with Gasteiger partial charge in [-0.3, -0.25) is 4.79 Å². The van der Waals surface area contributed by atoms with Gasteiger partial charge in [0.05, 0.1) is 0 Å². The lowest BCUT2D eigenvalue weighted by atomic mass is 9.96. The van der Waals surface area contributed by atoms with Crippen molar-refractivity contribution in [2.45, 2.75) is 58.4 Å². The first-order valence-corrected chi connectivity index (χ1v) is 6.79. The molecule has 0 aromatic heterocycles. The zero-order valence-electron chi connectivity index (χ0n) is 11.2. The molecule has 1 unspecified atom stereocenters. The fraction of sp³-hybridized carbons (Fsp3) is 0.786. The van der Waals surface area contributed by atoms with E-state index in [4.69, 9.17) is 5.73 Å². The number of hydrogen-bond donors (Lipinski definition) is 2. The second-order valence-electron chi connectivity index (χ2n) is 5.41. The molecular formula is C14H26N2O. The molecule has 17 heavy (non-hydrogen) atoms. The van der Waals surface area contributed by atoms with Gasteiger partial charge >= 0.3 is 0 Å². The molecule has 1 aliphatic rings. The van der Waals surface area contributed by atoms with E-state index in [1.807, 2.05) is 0 Å². The molecule has 0 radical (unpaired) electrons. The van der Waals surface area contributed by atoms with Crippen molar-refractivity contribution in [1.82, 2.24) is 5.32 Å². The zero-order valence-corrected chi connectivity index (χ0v) is 11.2. The molecule has 98 valence electrons. The SMILES string of the molecule is CC(C)CC(CN)NC(=O)CC1=CCCCC1. The predicted molar refractivity (Wildman–Crippen MR) is 71.6 cm³/mol. The molecule has 0 bridgehead atoms. The van der Waals surface area contributed by atoms with E-state index in [2.05, 4.69) is 25.2 Å².